The molecule has 0 aliphatic carbocycles. The first-order chi connectivity index (χ1) is 13.2. The second-order valence-corrected chi connectivity index (χ2v) is 7.21. The molecule has 12 heteroatoms. The van der Waals surface area contributed by atoms with E-state index in [-0.39, 0.29) is 35.2 Å². The van der Waals surface area contributed by atoms with Gasteiger partial charge in [-0.1, -0.05) is 18.2 Å². The van der Waals surface area contributed by atoms with E-state index >= 15 is 0 Å². The van der Waals surface area contributed by atoms with Crippen molar-refractivity contribution in [2.75, 3.05) is 5.01 Å². The Bertz CT molecular complexity index is 1120. The molecule has 29 heavy (non-hydrogen) atoms. The Hall–Kier alpha value is -2.44. The van der Waals surface area contributed by atoms with Crippen LogP contribution in [-0.2, 0) is 14.9 Å². The summed E-state index contributed by atoms with van der Waals surface area (Å²) in [6, 6.07) is 10.1. The van der Waals surface area contributed by atoms with Crippen molar-refractivity contribution in [3.05, 3.63) is 54.1 Å². The first-order valence-electron chi connectivity index (χ1n) is 7.86. The molecule has 144 valence electrons. The molecular weight excluding hydrogens is 411 g/mol. The predicted molar refractivity (Wildman–Crippen MR) is 95.9 cm³/mol. The summed E-state index contributed by atoms with van der Waals surface area (Å²) in [6.45, 7) is 1.55. The number of benzene rings is 2. The Balaban J connectivity index is 0.00000300. The number of anilines is 1. The van der Waals surface area contributed by atoms with Crippen molar-refractivity contribution in [3.8, 4) is 0 Å². The summed E-state index contributed by atoms with van der Waals surface area (Å²) < 4.78 is 31.7. The van der Waals surface area contributed by atoms with Gasteiger partial charge in [-0.15, -0.1) is 0 Å². The molecule has 1 unspecified atom stereocenters. The van der Waals surface area contributed by atoms with Gasteiger partial charge in [-0.25, -0.2) is 0 Å². The van der Waals surface area contributed by atoms with E-state index in [0.717, 1.165) is 23.2 Å². The molecule has 0 bridgehead atoms. The van der Waals surface area contributed by atoms with Crippen molar-refractivity contribution in [2.24, 2.45) is 15.3 Å². The van der Waals surface area contributed by atoms with Crippen LogP contribution in [0.1, 0.15) is 17.3 Å². The molecule has 0 fully saturated rings. The number of hydrazone groups is 1. The van der Waals surface area contributed by atoms with Crippen LogP contribution in [0, 0.1) is 0 Å². The zero-order chi connectivity index (χ0) is 20.5. The number of carbonyl (C=O) groups is 2. The van der Waals surface area contributed by atoms with E-state index in [0.29, 0.717) is 11.4 Å². The zero-order valence-corrected chi connectivity index (χ0v) is 18.2. The molecule has 1 amide bonds. The summed E-state index contributed by atoms with van der Waals surface area (Å²) in [6.07, 6.45) is 0. The Morgan fingerprint density at radius 3 is 2.45 bits per heavy atom. The summed E-state index contributed by atoms with van der Waals surface area (Å²) in [5, 5.41) is 24.0. The number of azo groups is 1. The SMILES string of the molecule is CC1=NN(c2ccccc2)C(=O)C1N=Nc1cc(S(=O)(=O)O)ccc1C(=O)[O-].[Na+]. The molecule has 0 aromatic heterocycles. The first kappa shape index (κ1) is 22.8. The van der Waals surface area contributed by atoms with Crippen LogP contribution in [0.2, 0.25) is 0 Å². The molecule has 0 radical (unpaired) electrons. The maximum atomic E-state index is 12.6. The third-order valence-corrected chi connectivity index (χ3v) is 4.71. The zero-order valence-electron chi connectivity index (χ0n) is 15.4. The Kier molecular flexibility index (Phi) is 7.03. The fraction of sp³-hybridized carbons (Fsp3) is 0.118. The molecule has 2 aromatic carbocycles. The molecule has 1 aliphatic heterocycles. The van der Waals surface area contributed by atoms with Gasteiger partial charge in [0.2, 0.25) is 0 Å². The first-order valence-corrected chi connectivity index (χ1v) is 9.30. The molecular formula is C17H13N4NaO6S. The van der Waals surface area contributed by atoms with Gasteiger partial charge in [0.15, 0.2) is 6.04 Å². The normalized spacial score (nSPS) is 16.6. The monoisotopic (exact) mass is 424 g/mol. The van der Waals surface area contributed by atoms with E-state index < -0.39 is 38.5 Å². The van der Waals surface area contributed by atoms with Crippen molar-refractivity contribution in [3.63, 3.8) is 0 Å². The van der Waals surface area contributed by atoms with Crippen molar-refractivity contribution >= 4 is 39.1 Å². The number of para-hydroxylation sites is 1. The summed E-state index contributed by atoms with van der Waals surface area (Å²) in [7, 11) is -4.59. The van der Waals surface area contributed by atoms with Gasteiger partial charge in [0.05, 0.1) is 28.0 Å². The molecule has 1 heterocycles. The van der Waals surface area contributed by atoms with Gasteiger partial charge in [0, 0.05) is 5.56 Å². The molecule has 1 aliphatic rings. The van der Waals surface area contributed by atoms with Crippen molar-refractivity contribution < 1.29 is 57.2 Å². The maximum absolute atomic E-state index is 12.6. The third kappa shape index (κ3) is 4.95. The largest absolute Gasteiger partial charge is 1.00 e. The molecule has 0 spiro atoms. The van der Waals surface area contributed by atoms with Crippen LogP contribution in [0.25, 0.3) is 0 Å². The number of hydrogen-bond acceptors (Lipinski definition) is 8. The quantitative estimate of drug-likeness (QED) is 0.339. The fourth-order valence-corrected chi connectivity index (χ4v) is 2.99. The number of carbonyl (C=O) groups excluding carboxylic acids is 2. The molecule has 0 saturated carbocycles. The van der Waals surface area contributed by atoms with Crippen LogP contribution < -0.4 is 39.7 Å². The summed E-state index contributed by atoms with van der Waals surface area (Å²) in [5.74, 6) is -2.13. The number of nitrogens with zero attached hydrogens (tertiary/aromatic N) is 4. The number of amides is 1. The van der Waals surface area contributed by atoms with Crippen LogP contribution in [0.3, 0.4) is 0 Å². The van der Waals surface area contributed by atoms with E-state index in [9.17, 15) is 23.1 Å². The van der Waals surface area contributed by atoms with Crippen LogP contribution in [0.5, 0.6) is 0 Å². The average molecular weight is 424 g/mol. The molecule has 1 atom stereocenters. The van der Waals surface area contributed by atoms with Gasteiger partial charge >= 0.3 is 29.6 Å². The van der Waals surface area contributed by atoms with Crippen LogP contribution in [-0.4, -0.2) is 36.6 Å². The van der Waals surface area contributed by atoms with Gasteiger partial charge in [-0.05, 0) is 37.3 Å². The number of carboxylic acids is 1. The number of hydrogen-bond donors (Lipinski definition) is 1. The van der Waals surface area contributed by atoms with Crippen molar-refractivity contribution in [1.29, 1.82) is 0 Å². The molecule has 1 N–H and O–H groups in total. The van der Waals surface area contributed by atoms with Gasteiger partial charge in [0.1, 0.15) is 0 Å². The van der Waals surface area contributed by atoms with E-state index in [4.69, 9.17) is 4.55 Å². The minimum atomic E-state index is -4.59. The van der Waals surface area contributed by atoms with E-state index in [1.165, 1.54) is 0 Å². The Morgan fingerprint density at radius 2 is 1.86 bits per heavy atom. The average Bonchev–Trinajstić information content (AvgIpc) is 2.93. The number of rotatable bonds is 5. The minimum Gasteiger partial charge on any atom is -0.545 e. The number of aromatic carboxylic acids is 1. The van der Waals surface area contributed by atoms with Crippen molar-refractivity contribution in [2.45, 2.75) is 17.9 Å². The summed E-state index contributed by atoms with van der Waals surface area (Å²) in [5.41, 5.74) is 0.0110. The maximum Gasteiger partial charge on any atom is 1.00 e. The standard InChI is InChI=1S/C17H14N4O6S.Na/c1-10-15(16(22)21(20-10)11-5-3-2-4-6-11)19-18-14-9-12(28(25,26)27)7-8-13(14)17(23)24;/h2-9,15H,1H3,(H,23,24)(H,25,26,27);/q;+1/p-1. The summed E-state index contributed by atoms with van der Waals surface area (Å²) >= 11 is 0. The smallest absolute Gasteiger partial charge is 0.545 e. The van der Waals surface area contributed by atoms with E-state index in [1.807, 2.05) is 0 Å². The third-order valence-electron chi connectivity index (χ3n) is 3.86. The number of carboxylic acid groups (broad SMARTS) is 1. The van der Waals surface area contributed by atoms with E-state index in [2.05, 4.69) is 15.3 Å². The predicted octanol–water partition coefficient (Wildman–Crippen LogP) is -1.82. The fourth-order valence-electron chi connectivity index (χ4n) is 2.49. The van der Waals surface area contributed by atoms with Crippen LogP contribution >= 0.6 is 0 Å². The molecule has 10 nitrogen and oxygen atoms in total. The second kappa shape index (κ2) is 8.93. The molecule has 2 aromatic rings. The summed E-state index contributed by atoms with van der Waals surface area (Å²) in [4.78, 5) is 23.2. The van der Waals surface area contributed by atoms with Crippen LogP contribution in [0.15, 0.2) is 68.8 Å². The van der Waals surface area contributed by atoms with Crippen LogP contribution in [0.4, 0.5) is 11.4 Å². The molecule has 3 rings (SSSR count). The topological polar surface area (TPSA) is 152 Å². The minimum absolute atomic E-state index is 0. The Morgan fingerprint density at radius 1 is 1.21 bits per heavy atom. The Labute approximate surface area is 188 Å². The second-order valence-electron chi connectivity index (χ2n) is 5.79. The van der Waals surface area contributed by atoms with E-state index in [1.54, 1.807) is 37.3 Å². The van der Waals surface area contributed by atoms with Gasteiger partial charge in [-0.3, -0.25) is 9.35 Å². The van der Waals surface area contributed by atoms with Gasteiger partial charge in [0.25, 0.3) is 16.0 Å². The van der Waals surface area contributed by atoms with Gasteiger partial charge in [-0.2, -0.15) is 28.8 Å². The van der Waals surface area contributed by atoms with Crippen molar-refractivity contribution in [1.82, 2.24) is 0 Å². The van der Waals surface area contributed by atoms with Gasteiger partial charge < -0.3 is 9.90 Å². The molecule has 0 saturated heterocycles.